The Bertz CT molecular complexity index is 1050. The lowest BCUT2D eigenvalue weighted by Crippen LogP contribution is -2.28. The van der Waals surface area contributed by atoms with Crippen LogP contribution in [0.4, 0.5) is 13.2 Å². The SMILES string of the molecule is CC(NS(=O)(=O)c1ccc(F)c(F)c1F)c1ccc2ccccc2c1. The van der Waals surface area contributed by atoms with Gasteiger partial charge in [0.2, 0.25) is 10.0 Å². The van der Waals surface area contributed by atoms with E-state index < -0.39 is 38.4 Å². The first-order valence-electron chi connectivity index (χ1n) is 7.44. The third-order valence-electron chi connectivity index (χ3n) is 3.89. The van der Waals surface area contributed by atoms with Crippen molar-refractivity contribution in [3.05, 3.63) is 77.6 Å². The van der Waals surface area contributed by atoms with Crippen LogP contribution in [0.5, 0.6) is 0 Å². The second-order valence-corrected chi connectivity index (χ2v) is 7.31. The van der Waals surface area contributed by atoms with Gasteiger partial charge in [0.25, 0.3) is 0 Å². The van der Waals surface area contributed by atoms with Crippen molar-refractivity contribution >= 4 is 20.8 Å². The summed E-state index contributed by atoms with van der Waals surface area (Å²) >= 11 is 0. The molecule has 3 rings (SSSR count). The number of hydrogen-bond acceptors (Lipinski definition) is 2. The molecule has 0 amide bonds. The lowest BCUT2D eigenvalue weighted by Gasteiger charge is -2.16. The summed E-state index contributed by atoms with van der Waals surface area (Å²) in [5.74, 6) is -5.00. The predicted octanol–water partition coefficient (Wildman–Crippen LogP) is 4.30. The molecule has 0 radical (unpaired) electrons. The molecule has 0 aliphatic heterocycles. The van der Waals surface area contributed by atoms with Crippen molar-refractivity contribution < 1.29 is 21.6 Å². The third kappa shape index (κ3) is 3.38. The van der Waals surface area contributed by atoms with Crippen LogP contribution in [0, 0.1) is 17.5 Å². The summed E-state index contributed by atoms with van der Waals surface area (Å²) in [6, 6.07) is 13.5. The Hall–Kier alpha value is -2.38. The van der Waals surface area contributed by atoms with Gasteiger partial charge in [-0.05, 0) is 41.5 Å². The fourth-order valence-corrected chi connectivity index (χ4v) is 3.86. The highest BCUT2D eigenvalue weighted by molar-refractivity contribution is 7.89. The molecule has 0 fully saturated rings. The van der Waals surface area contributed by atoms with Crippen LogP contribution in [0.1, 0.15) is 18.5 Å². The summed E-state index contributed by atoms with van der Waals surface area (Å²) in [6.07, 6.45) is 0. The van der Waals surface area contributed by atoms with Crippen LogP contribution < -0.4 is 4.72 Å². The fraction of sp³-hybridized carbons (Fsp3) is 0.111. The number of hydrogen-bond donors (Lipinski definition) is 1. The molecular formula is C18H14F3NO2S. The Morgan fingerprint density at radius 1 is 0.880 bits per heavy atom. The zero-order valence-corrected chi connectivity index (χ0v) is 13.9. The molecule has 3 nitrogen and oxygen atoms in total. The number of sulfonamides is 1. The van der Waals surface area contributed by atoms with E-state index in [-0.39, 0.29) is 0 Å². The molecule has 7 heteroatoms. The molecule has 0 aromatic heterocycles. The van der Waals surface area contributed by atoms with E-state index in [1.807, 2.05) is 36.4 Å². The van der Waals surface area contributed by atoms with E-state index in [1.54, 1.807) is 13.0 Å². The first kappa shape index (κ1) is 17.4. The number of rotatable bonds is 4. The van der Waals surface area contributed by atoms with Crippen molar-refractivity contribution in [2.24, 2.45) is 0 Å². The van der Waals surface area contributed by atoms with Crippen molar-refractivity contribution in [1.29, 1.82) is 0 Å². The van der Waals surface area contributed by atoms with Gasteiger partial charge in [0.1, 0.15) is 4.90 Å². The second kappa shape index (κ2) is 6.50. The average Bonchev–Trinajstić information content (AvgIpc) is 2.58. The van der Waals surface area contributed by atoms with E-state index in [0.717, 1.165) is 10.8 Å². The molecule has 0 saturated carbocycles. The van der Waals surface area contributed by atoms with E-state index in [1.165, 1.54) is 0 Å². The van der Waals surface area contributed by atoms with Gasteiger partial charge in [-0.1, -0.05) is 36.4 Å². The summed E-state index contributed by atoms with van der Waals surface area (Å²) in [4.78, 5) is -0.931. The minimum Gasteiger partial charge on any atom is -0.207 e. The first-order chi connectivity index (χ1) is 11.8. The zero-order valence-electron chi connectivity index (χ0n) is 13.1. The van der Waals surface area contributed by atoms with Crippen LogP contribution in [0.2, 0.25) is 0 Å². The minimum absolute atomic E-state index is 0.577. The molecule has 1 N–H and O–H groups in total. The van der Waals surface area contributed by atoms with Gasteiger partial charge in [-0.25, -0.2) is 26.3 Å². The van der Waals surface area contributed by atoms with E-state index in [9.17, 15) is 21.6 Å². The summed E-state index contributed by atoms with van der Waals surface area (Å²) in [7, 11) is -4.36. The monoisotopic (exact) mass is 365 g/mol. The highest BCUT2D eigenvalue weighted by atomic mass is 32.2. The number of halogens is 3. The van der Waals surface area contributed by atoms with Gasteiger partial charge in [-0.3, -0.25) is 0 Å². The van der Waals surface area contributed by atoms with Crippen LogP contribution in [0.25, 0.3) is 10.8 Å². The topological polar surface area (TPSA) is 46.2 Å². The first-order valence-corrected chi connectivity index (χ1v) is 8.92. The van der Waals surface area contributed by atoms with Gasteiger partial charge in [0, 0.05) is 6.04 Å². The smallest absolute Gasteiger partial charge is 0.207 e. The van der Waals surface area contributed by atoms with Gasteiger partial charge in [0.15, 0.2) is 17.5 Å². The van der Waals surface area contributed by atoms with Crippen LogP contribution >= 0.6 is 0 Å². The highest BCUT2D eigenvalue weighted by Crippen LogP contribution is 2.24. The lowest BCUT2D eigenvalue weighted by molar-refractivity contribution is 0.431. The van der Waals surface area contributed by atoms with Gasteiger partial charge >= 0.3 is 0 Å². The van der Waals surface area contributed by atoms with Gasteiger partial charge in [-0.15, -0.1) is 0 Å². The molecule has 3 aromatic carbocycles. The molecule has 25 heavy (non-hydrogen) atoms. The fourth-order valence-electron chi connectivity index (χ4n) is 2.56. The van der Waals surface area contributed by atoms with Crippen molar-refractivity contribution in [3.63, 3.8) is 0 Å². The molecule has 3 aromatic rings. The number of nitrogens with one attached hydrogen (secondary N) is 1. The van der Waals surface area contributed by atoms with Gasteiger partial charge < -0.3 is 0 Å². The maximum Gasteiger partial charge on any atom is 0.244 e. The van der Waals surface area contributed by atoms with E-state index in [0.29, 0.717) is 17.7 Å². The predicted molar refractivity (Wildman–Crippen MR) is 89.0 cm³/mol. The maximum absolute atomic E-state index is 13.8. The Balaban J connectivity index is 1.93. The Labute approximate surface area is 143 Å². The average molecular weight is 365 g/mol. The molecule has 1 atom stereocenters. The Kier molecular flexibility index (Phi) is 4.53. The van der Waals surface area contributed by atoms with Gasteiger partial charge in [-0.2, -0.15) is 0 Å². The van der Waals surface area contributed by atoms with Crippen LogP contribution in [-0.2, 0) is 10.0 Å². The third-order valence-corrected chi connectivity index (χ3v) is 5.45. The number of fused-ring (bicyclic) bond motifs is 1. The molecule has 0 spiro atoms. The summed E-state index contributed by atoms with van der Waals surface area (Å²) in [6.45, 7) is 1.58. The summed E-state index contributed by atoms with van der Waals surface area (Å²) < 4.78 is 67.0. The van der Waals surface area contributed by atoms with Crippen molar-refractivity contribution in [2.75, 3.05) is 0 Å². The highest BCUT2D eigenvalue weighted by Gasteiger charge is 2.25. The maximum atomic E-state index is 13.8. The second-order valence-electron chi connectivity index (χ2n) is 5.62. The zero-order chi connectivity index (χ0) is 18.2. The molecule has 0 saturated heterocycles. The molecule has 0 aliphatic carbocycles. The van der Waals surface area contributed by atoms with Crippen molar-refractivity contribution in [2.45, 2.75) is 17.9 Å². The molecule has 1 unspecified atom stereocenters. The van der Waals surface area contributed by atoms with Crippen LogP contribution in [-0.4, -0.2) is 8.42 Å². The van der Waals surface area contributed by atoms with Crippen LogP contribution in [0.15, 0.2) is 59.5 Å². The van der Waals surface area contributed by atoms with Crippen LogP contribution in [0.3, 0.4) is 0 Å². The van der Waals surface area contributed by atoms with E-state index >= 15 is 0 Å². The summed E-state index contributed by atoms with van der Waals surface area (Å²) in [5, 5.41) is 1.91. The summed E-state index contributed by atoms with van der Waals surface area (Å²) in [5.41, 5.74) is 0.658. The standard InChI is InChI=1S/C18H14F3NO2S/c1-11(13-7-6-12-4-2-3-5-14(12)10-13)22-25(23,24)16-9-8-15(19)17(20)18(16)21/h2-11,22H,1H3. The molecular weight excluding hydrogens is 351 g/mol. The molecule has 0 bridgehead atoms. The van der Waals surface area contributed by atoms with E-state index in [4.69, 9.17) is 0 Å². The number of benzene rings is 3. The van der Waals surface area contributed by atoms with E-state index in [2.05, 4.69) is 4.72 Å². The van der Waals surface area contributed by atoms with Crippen molar-refractivity contribution in [1.82, 2.24) is 4.72 Å². The Morgan fingerprint density at radius 3 is 2.28 bits per heavy atom. The largest absolute Gasteiger partial charge is 0.244 e. The molecule has 0 aliphatic rings. The van der Waals surface area contributed by atoms with Gasteiger partial charge in [0.05, 0.1) is 0 Å². The lowest BCUT2D eigenvalue weighted by atomic mass is 10.0. The minimum atomic E-state index is -4.36. The quantitative estimate of drug-likeness (QED) is 0.701. The van der Waals surface area contributed by atoms with Crippen molar-refractivity contribution in [3.8, 4) is 0 Å². The molecule has 0 heterocycles. The molecule has 130 valence electrons. The normalized spacial score (nSPS) is 13.1. The Morgan fingerprint density at radius 2 is 1.56 bits per heavy atom.